The van der Waals surface area contributed by atoms with E-state index < -0.39 is 0 Å². The van der Waals surface area contributed by atoms with E-state index in [4.69, 9.17) is 0 Å². The second-order valence-corrected chi connectivity index (χ2v) is 29.1. The van der Waals surface area contributed by atoms with E-state index in [2.05, 4.69) is 389 Å². The first-order valence-electron chi connectivity index (χ1n) is 36.7. The van der Waals surface area contributed by atoms with Crippen molar-refractivity contribution in [3.05, 3.63) is 346 Å². The van der Waals surface area contributed by atoms with Crippen molar-refractivity contribution >= 4 is 203 Å². The van der Waals surface area contributed by atoms with Gasteiger partial charge in [-0.25, -0.2) is 0 Å². The van der Waals surface area contributed by atoms with Crippen molar-refractivity contribution in [2.75, 3.05) is 43.5 Å². The fraction of sp³-hybridized carbons (Fsp3) is 0.0208. The van der Waals surface area contributed by atoms with Gasteiger partial charge < -0.3 is 29.4 Å². The van der Waals surface area contributed by atoms with Gasteiger partial charge in [0.05, 0.1) is 11.4 Å². The first-order valence-corrected chi connectivity index (χ1v) is 36.7. The SMILES string of the molecule is CN1c2ccccc2B2c3cc(-c4ccc5c6c7c(cc5c4)N(c4ccccc4)c4ccccc4B7c4cc(-c5ccc7c8c9c(cc7c5)N(c5ccccc5)c5c(ccc7ccccc57)B9c5ccccc5N8c5ccccc5)c5ccccc5c4N6c4ccccc4)ccc3N(C)c3cccc1c32. The molecule has 0 aliphatic carbocycles. The van der Waals surface area contributed by atoms with Crippen molar-refractivity contribution in [1.29, 1.82) is 0 Å². The lowest BCUT2D eigenvalue weighted by atomic mass is 9.33. The second-order valence-electron chi connectivity index (χ2n) is 29.1. The van der Waals surface area contributed by atoms with E-state index in [9.17, 15) is 0 Å². The zero-order valence-corrected chi connectivity index (χ0v) is 57.8. The number of hydrogen-bond donors (Lipinski definition) is 0. The molecular weight excluding hydrogens is 1270 g/mol. The molecule has 0 N–H and O–H groups in total. The van der Waals surface area contributed by atoms with Crippen molar-refractivity contribution in [3.63, 3.8) is 0 Å². The van der Waals surface area contributed by atoms with Crippen LogP contribution in [0.5, 0.6) is 0 Å². The Kier molecular flexibility index (Phi) is 12.3. The van der Waals surface area contributed by atoms with Crippen LogP contribution in [0.2, 0.25) is 0 Å². The van der Waals surface area contributed by atoms with Crippen LogP contribution in [-0.2, 0) is 0 Å². The van der Waals surface area contributed by atoms with Gasteiger partial charge in [0.15, 0.2) is 0 Å². The van der Waals surface area contributed by atoms with Crippen molar-refractivity contribution in [2.24, 2.45) is 0 Å². The van der Waals surface area contributed by atoms with E-state index in [0.29, 0.717) is 0 Å². The van der Waals surface area contributed by atoms with Gasteiger partial charge >= 0.3 is 0 Å². The van der Waals surface area contributed by atoms with Gasteiger partial charge in [-0.15, -0.1) is 0 Å². The summed E-state index contributed by atoms with van der Waals surface area (Å²) < 4.78 is 0. The van der Waals surface area contributed by atoms with Crippen LogP contribution >= 0.6 is 0 Å². The summed E-state index contributed by atoms with van der Waals surface area (Å²) in [6, 6.07) is 131. The van der Waals surface area contributed by atoms with E-state index in [0.717, 1.165) is 28.3 Å². The number of fused-ring (bicyclic) bond motifs is 20. The fourth-order valence-electron chi connectivity index (χ4n) is 19.6. The van der Waals surface area contributed by atoms with Crippen LogP contribution in [0.3, 0.4) is 0 Å². The molecule has 0 amide bonds. The fourth-order valence-corrected chi connectivity index (χ4v) is 19.6. The number of anilines is 16. The maximum absolute atomic E-state index is 2.64. The minimum atomic E-state index is -0.154. The van der Waals surface area contributed by atoms with Gasteiger partial charge in [0, 0.05) is 115 Å². The molecule has 105 heavy (non-hydrogen) atoms. The topological polar surface area (TPSA) is 19.4 Å². The monoisotopic (exact) mass is 1330 g/mol. The third kappa shape index (κ3) is 8.18. The Balaban J connectivity index is 0.766. The molecule has 6 aliphatic heterocycles. The largest absolute Gasteiger partial charge is 0.345 e. The van der Waals surface area contributed by atoms with E-state index in [-0.39, 0.29) is 20.1 Å². The molecule has 0 spiro atoms. The van der Waals surface area contributed by atoms with Gasteiger partial charge in [-0.05, 0) is 202 Å². The standard InChI is InChI=1S/C96H63B3N6/c1-100-82-41-22-19-38-76(82)98-80-56-62(49-53-83(80)101(2)87-45-25-44-86(100)90(87)98)61-46-50-72-64(54-61)57-88-91-96(72)105(69-33-13-6-14-34-69)94-74-37-18-17-36-73(74)75(59-81(94)99(91)77-39-20-23-42-84(77)102(88)66-27-7-3-8-28-66)63-47-51-71-65(55-63)58-89-92-95(71)103(67-29-9-4-10-30-67)85-43-24-21-40-78(85)97(92)79-52-48-60-26-15-16-35-70(60)93(79)104(89)68-31-11-5-12-32-68/h3-59H,1-2H3. The van der Waals surface area contributed by atoms with Crippen LogP contribution in [0.25, 0.3) is 65.3 Å². The first-order chi connectivity index (χ1) is 52.0. The third-order valence-electron chi connectivity index (χ3n) is 23.9. The molecule has 23 rings (SSSR count). The molecule has 0 radical (unpaired) electrons. The highest BCUT2D eigenvalue weighted by Gasteiger charge is 2.48. The molecule has 9 heteroatoms. The Labute approximate surface area is 611 Å². The molecule has 486 valence electrons. The van der Waals surface area contributed by atoms with E-state index in [1.807, 2.05) is 0 Å². The van der Waals surface area contributed by atoms with Gasteiger partial charge in [-0.3, -0.25) is 0 Å². The Morgan fingerprint density at radius 1 is 0.200 bits per heavy atom. The lowest BCUT2D eigenvalue weighted by Gasteiger charge is -2.45. The summed E-state index contributed by atoms with van der Waals surface area (Å²) in [5.41, 5.74) is 35.6. The average Bonchev–Trinajstić information content (AvgIpc) is 0.692. The Morgan fingerprint density at radius 3 is 1.25 bits per heavy atom. The normalized spacial score (nSPS) is 13.8. The molecule has 6 heterocycles. The third-order valence-corrected chi connectivity index (χ3v) is 23.9. The zero-order chi connectivity index (χ0) is 68.9. The maximum Gasteiger partial charge on any atom is 0.252 e. The molecule has 0 atom stereocenters. The zero-order valence-electron chi connectivity index (χ0n) is 57.8. The summed E-state index contributed by atoms with van der Waals surface area (Å²) in [6.07, 6.45) is 0. The smallest absolute Gasteiger partial charge is 0.252 e. The van der Waals surface area contributed by atoms with Crippen molar-refractivity contribution in [2.45, 2.75) is 0 Å². The van der Waals surface area contributed by atoms with E-state index in [1.54, 1.807) is 0 Å². The second kappa shape index (κ2) is 22.1. The Hall–Kier alpha value is -13.2. The summed E-state index contributed by atoms with van der Waals surface area (Å²) in [7, 11) is 4.45. The highest BCUT2D eigenvalue weighted by atomic mass is 15.2. The highest BCUT2D eigenvalue weighted by Crippen LogP contribution is 2.53. The molecule has 6 nitrogen and oxygen atoms in total. The van der Waals surface area contributed by atoms with Crippen LogP contribution in [-0.4, -0.2) is 34.2 Å². The minimum Gasteiger partial charge on any atom is -0.345 e. The summed E-state index contributed by atoms with van der Waals surface area (Å²) >= 11 is 0. The Bertz CT molecular complexity index is 6570. The molecule has 0 unspecified atom stereocenters. The summed E-state index contributed by atoms with van der Waals surface area (Å²) in [4.78, 5) is 15.1. The minimum absolute atomic E-state index is 0.0341. The molecule has 0 saturated carbocycles. The molecule has 17 aromatic carbocycles. The summed E-state index contributed by atoms with van der Waals surface area (Å²) in [5.74, 6) is 0. The predicted molar refractivity (Wildman–Crippen MR) is 449 cm³/mol. The maximum atomic E-state index is 2.64. The molecule has 6 aliphatic rings. The highest BCUT2D eigenvalue weighted by molar-refractivity contribution is 7.02. The number of para-hydroxylation sites is 7. The first kappa shape index (κ1) is 58.4. The van der Waals surface area contributed by atoms with E-state index in [1.165, 1.54) is 177 Å². The number of nitrogens with zero attached hydrogens (tertiary/aromatic N) is 6. The molecule has 0 bridgehead atoms. The van der Waals surface area contributed by atoms with Crippen LogP contribution in [0.4, 0.5) is 91.0 Å². The molecular formula is C96H63B3N6. The lowest BCUT2D eigenvalue weighted by molar-refractivity contribution is 1.18. The van der Waals surface area contributed by atoms with Gasteiger partial charge in [0.1, 0.15) is 0 Å². The van der Waals surface area contributed by atoms with Gasteiger partial charge in [-0.2, -0.15) is 0 Å². The van der Waals surface area contributed by atoms with Crippen molar-refractivity contribution < 1.29 is 0 Å². The molecule has 0 fully saturated rings. The average molecular weight is 1330 g/mol. The number of rotatable bonds is 6. The van der Waals surface area contributed by atoms with Gasteiger partial charge in [-0.1, -0.05) is 237 Å². The summed E-state index contributed by atoms with van der Waals surface area (Å²) in [5, 5.41) is 9.62. The van der Waals surface area contributed by atoms with Crippen molar-refractivity contribution in [1.82, 2.24) is 0 Å². The lowest BCUT2D eigenvalue weighted by Crippen LogP contribution is -2.61. The van der Waals surface area contributed by atoms with Gasteiger partial charge in [0.25, 0.3) is 20.1 Å². The number of hydrogen-bond acceptors (Lipinski definition) is 6. The predicted octanol–water partition coefficient (Wildman–Crippen LogP) is 18.5. The molecule has 0 saturated heterocycles. The van der Waals surface area contributed by atoms with Crippen LogP contribution in [0, 0.1) is 0 Å². The summed E-state index contributed by atoms with van der Waals surface area (Å²) in [6.45, 7) is -0.104. The molecule has 0 aromatic heterocycles. The number of benzene rings is 17. The Morgan fingerprint density at radius 2 is 0.610 bits per heavy atom. The van der Waals surface area contributed by atoms with Crippen LogP contribution in [0.1, 0.15) is 0 Å². The van der Waals surface area contributed by atoms with Gasteiger partial charge in [0.2, 0.25) is 0 Å². The van der Waals surface area contributed by atoms with Crippen LogP contribution < -0.4 is 78.6 Å². The molecule has 17 aromatic rings. The van der Waals surface area contributed by atoms with E-state index >= 15 is 0 Å². The quantitative estimate of drug-likeness (QED) is 0.153. The van der Waals surface area contributed by atoms with Crippen molar-refractivity contribution in [3.8, 4) is 22.3 Å². The van der Waals surface area contributed by atoms with Crippen LogP contribution in [0.15, 0.2) is 346 Å².